The number of hydrogen-bond donors (Lipinski definition) is 1. The Morgan fingerprint density at radius 3 is 2.50 bits per heavy atom. The van der Waals surface area contributed by atoms with Gasteiger partial charge in [-0.25, -0.2) is 0 Å². The molecule has 0 spiro atoms. The fourth-order valence-electron chi connectivity index (χ4n) is 3.20. The van der Waals surface area contributed by atoms with Crippen molar-refractivity contribution in [3.8, 4) is 0 Å². The molecule has 0 radical (unpaired) electrons. The Bertz CT molecular complexity index is 1180. The van der Waals surface area contributed by atoms with Gasteiger partial charge in [-0.3, -0.25) is 14.6 Å². The molecule has 4 aromatic rings. The van der Waals surface area contributed by atoms with Crippen LogP contribution in [0.1, 0.15) is 21.5 Å². The van der Waals surface area contributed by atoms with Crippen LogP contribution in [0.4, 0.5) is 5.69 Å². The number of H-pyrrole nitrogens is 1. The van der Waals surface area contributed by atoms with Crippen molar-refractivity contribution >= 4 is 22.5 Å². The summed E-state index contributed by atoms with van der Waals surface area (Å²) in [6.07, 6.45) is 3.17. The summed E-state index contributed by atoms with van der Waals surface area (Å²) in [7, 11) is 0. The highest BCUT2D eigenvalue weighted by atomic mass is 16.2. The predicted octanol–water partition coefficient (Wildman–Crippen LogP) is 4.08. The molecule has 0 unspecified atom stereocenters. The number of carbonyl (C=O) groups is 1. The average molecular weight is 369 g/mol. The van der Waals surface area contributed by atoms with Gasteiger partial charge in [0.15, 0.2) is 0 Å². The summed E-state index contributed by atoms with van der Waals surface area (Å²) in [5, 5.41) is 0.943. The highest BCUT2D eigenvalue weighted by Gasteiger charge is 2.19. The summed E-state index contributed by atoms with van der Waals surface area (Å²) in [5.74, 6) is -0.183. The van der Waals surface area contributed by atoms with Gasteiger partial charge >= 0.3 is 0 Å². The Morgan fingerprint density at radius 1 is 1.00 bits per heavy atom. The molecule has 0 fully saturated rings. The highest BCUT2D eigenvalue weighted by Crippen LogP contribution is 2.20. The molecule has 0 saturated carbocycles. The van der Waals surface area contributed by atoms with Crippen molar-refractivity contribution in [1.82, 2.24) is 9.97 Å². The summed E-state index contributed by atoms with van der Waals surface area (Å²) < 4.78 is 0. The zero-order valence-corrected chi connectivity index (χ0v) is 15.4. The molecule has 138 valence electrons. The summed E-state index contributed by atoms with van der Waals surface area (Å²) in [5.41, 5.74) is 3.48. The minimum atomic E-state index is -0.195. The first kappa shape index (κ1) is 17.7. The molecule has 2 aromatic heterocycles. The second-order valence-electron chi connectivity index (χ2n) is 6.68. The second kappa shape index (κ2) is 7.48. The number of benzene rings is 2. The topological polar surface area (TPSA) is 66.1 Å². The lowest BCUT2D eigenvalue weighted by molar-refractivity contribution is 0.0985. The van der Waals surface area contributed by atoms with Gasteiger partial charge in [-0.05, 0) is 54.8 Å². The smallest absolute Gasteiger partial charge is 0.258 e. The van der Waals surface area contributed by atoms with Crippen molar-refractivity contribution in [3.05, 3.63) is 106 Å². The zero-order chi connectivity index (χ0) is 19.5. The minimum absolute atomic E-state index is 0.171. The number of pyridine rings is 2. The number of aryl methyl sites for hydroxylation is 1. The van der Waals surface area contributed by atoms with Crippen LogP contribution in [0.5, 0.6) is 0 Å². The van der Waals surface area contributed by atoms with Crippen molar-refractivity contribution in [2.45, 2.75) is 13.5 Å². The standard InChI is InChI=1S/C23H19N3O2/c1-16-7-8-21-18(13-16)14-19(22(27)25-21)15-26(20-5-3-2-4-6-20)23(28)17-9-11-24-12-10-17/h2-14H,15H2,1H3,(H,25,27). The molecular weight excluding hydrogens is 350 g/mol. The minimum Gasteiger partial charge on any atom is -0.322 e. The number of nitrogens with one attached hydrogen (secondary N) is 1. The van der Waals surface area contributed by atoms with Crippen LogP contribution in [0.25, 0.3) is 10.9 Å². The van der Waals surface area contributed by atoms with Gasteiger partial charge in [-0.2, -0.15) is 0 Å². The number of aromatic amines is 1. The van der Waals surface area contributed by atoms with E-state index in [0.29, 0.717) is 11.1 Å². The van der Waals surface area contributed by atoms with E-state index in [4.69, 9.17) is 0 Å². The van der Waals surface area contributed by atoms with Gasteiger partial charge in [0.25, 0.3) is 11.5 Å². The molecule has 28 heavy (non-hydrogen) atoms. The van der Waals surface area contributed by atoms with Gasteiger partial charge in [0.2, 0.25) is 0 Å². The number of nitrogens with zero attached hydrogens (tertiary/aromatic N) is 2. The zero-order valence-electron chi connectivity index (χ0n) is 15.4. The summed E-state index contributed by atoms with van der Waals surface area (Å²) in [4.78, 5) is 34.3. The summed E-state index contributed by atoms with van der Waals surface area (Å²) >= 11 is 0. The fourth-order valence-corrected chi connectivity index (χ4v) is 3.20. The van der Waals surface area contributed by atoms with Crippen LogP contribution in [0.2, 0.25) is 0 Å². The van der Waals surface area contributed by atoms with Crippen molar-refractivity contribution in [2.75, 3.05) is 4.90 Å². The predicted molar refractivity (Wildman–Crippen MR) is 110 cm³/mol. The van der Waals surface area contributed by atoms with E-state index in [0.717, 1.165) is 22.2 Å². The molecule has 4 rings (SSSR count). The van der Waals surface area contributed by atoms with Gasteiger partial charge in [-0.1, -0.05) is 29.8 Å². The van der Waals surface area contributed by atoms with Crippen molar-refractivity contribution < 1.29 is 4.79 Å². The van der Waals surface area contributed by atoms with E-state index in [1.165, 1.54) is 0 Å². The number of rotatable bonds is 4. The molecule has 1 N–H and O–H groups in total. The molecule has 5 nitrogen and oxygen atoms in total. The van der Waals surface area contributed by atoms with E-state index >= 15 is 0 Å². The monoisotopic (exact) mass is 369 g/mol. The average Bonchev–Trinajstić information content (AvgIpc) is 2.73. The molecule has 0 atom stereocenters. The second-order valence-corrected chi connectivity index (χ2v) is 6.68. The van der Waals surface area contributed by atoms with E-state index in [9.17, 15) is 9.59 Å². The number of para-hydroxylation sites is 1. The van der Waals surface area contributed by atoms with Crippen LogP contribution in [0.15, 0.2) is 83.9 Å². The molecule has 0 aliphatic carbocycles. The van der Waals surface area contributed by atoms with Gasteiger partial charge in [-0.15, -0.1) is 0 Å². The van der Waals surface area contributed by atoms with E-state index in [-0.39, 0.29) is 18.0 Å². The molecule has 2 heterocycles. The molecule has 0 aliphatic heterocycles. The third kappa shape index (κ3) is 3.55. The number of hydrogen-bond acceptors (Lipinski definition) is 3. The van der Waals surface area contributed by atoms with Crippen LogP contribution in [0, 0.1) is 6.92 Å². The molecule has 2 aromatic carbocycles. The number of fused-ring (bicyclic) bond motifs is 1. The van der Waals surface area contributed by atoms with Gasteiger partial charge in [0.1, 0.15) is 0 Å². The normalized spacial score (nSPS) is 10.8. The van der Waals surface area contributed by atoms with Crippen LogP contribution in [-0.4, -0.2) is 15.9 Å². The largest absolute Gasteiger partial charge is 0.322 e. The van der Waals surface area contributed by atoms with Crippen molar-refractivity contribution in [1.29, 1.82) is 0 Å². The SMILES string of the molecule is Cc1ccc2[nH]c(=O)c(CN(C(=O)c3ccncc3)c3ccccc3)cc2c1. The lowest BCUT2D eigenvalue weighted by Gasteiger charge is -2.23. The van der Waals surface area contributed by atoms with Crippen LogP contribution >= 0.6 is 0 Å². The maximum Gasteiger partial charge on any atom is 0.258 e. The first-order valence-corrected chi connectivity index (χ1v) is 9.01. The Hall–Kier alpha value is -3.73. The van der Waals surface area contributed by atoms with Gasteiger partial charge < -0.3 is 9.88 Å². The van der Waals surface area contributed by atoms with E-state index < -0.39 is 0 Å². The summed E-state index contributed by atoms with van der Waals surface area (Å²) in [6, 6.07) is 20.4. The molecule has 1 amide bonds. The third-order valence-electron chi connectivity index (χ3n) is 4.65. The Labute approximate surface area is 162 Å². The summed E-state index contributed by atoms with van der Waals surface area (Å²) in [6.45, 7) is 2.18. The highest BCUT2D eigenvalue weighted by molar-refractivity contribution is 6.05. The lowest BCUT2D eigenvalue weighted by atomic mass is 10.1. The molecule has 0 bridgehead atoms. The van der Waals surface area contributed by atoms with E-state index in [2.05, 4.69) is 9.97 Å². The van der Waals surface area contributed by atoms with Crippen LogP contribution in [-0.2, 0) is 6.54 Å². The van der Waals surface area contributed by atoms with Crippen molar-refractivity contribution in [3.63, 3.8) is 0 Å². The Kier molecular flexibility index (Phi) is 4.72. The molecule has 0 aliphatic rings. The first-order chi connectivity index (χ1) is 13.6. The van der Waals surface area contributed by atoms with Crippen LogP contribution < -0.4 is 10.5 Å². The van der Waals surface area contributed by atoms with Crippen molar-refractivity contribution in [2.24, 2.45) is 0 Å². The lowest BCUT2D eigenvalue weighted by Crippen LogP contribution is -2.32. The quantitative estimate of drug-likeness (QED) is 0.589. The maximum absolute atomic E-state index is 13.2. The van der Waals surface area contributed by atoms with Gasteiger partial charge in [0.05, 0.1) is 6.54 Å². The fraction of sp³-hybridized carbons (Fsp3) is 0.0870. The van der Waals surface area contributed by atoms with Crippen LogP contribution in [0.3, 0.4) is 0 Å². The Morgan fingerprint density at radius 2 is 1.75 bits per heavy atom. The first-order valence-electron chi connectivity index (χ1n) is 9.01. The molecule has 0 saturated heterocycles. The number of aromatic nitrogens is 2. The van der Waals surface area contributed by atoms with E-state index in [1.54, 1.807) is 29.4 Å². The number of carbonyl (C=O) groups excluding carboxylic acids is 1. The van der Waals surface area contributed by atoms with Gasteiger partial charge in [0, 0.05) is 34.7 Å². The molecule has 5 heteroatoms. The Balaban J connectivity index is 1.78. The number of anilines is 1. The number of amides is 1. The maximum atomic E-state index is 13.2. The van der Waals surface area contributed by atoms with E-state index in [1.807, 2.05) is 61.5 Å². The molecular formula is C23H19N3O2. The third-order valence-corrected chi connectivity index (χ3v) is 4.65.